The number of ether oxygens (including phenoxy) is 2. The van der Waals surface area contributed by atoms with Crippen LogP contribution < -0.4 is 20.1 Å². The van der Waals surface area contributed by atoms with E-state index < -0.39 is 0 Å². The monoisotopic (exact) mass is 354 g/mol. The van der Waals surface area contributed by atoms with Gasteiger partial charge in [0.2, 0.25) is 5.91 Å². The van der Waals surface area contributed by atoms with Crippen molar-refractivity contribution in [3.8, 4) is 11.5 Å². The molecular formula is C20H22N2O4. The van der Waals surface area contributed by atoms with Crippen LogP contribution in [0.3, 0.4) is 0 Å². The fraction of sp³-hybridized carbons (Fsp3) is 0.300. The van der Waals surface area contributed by atoms with Gasteiger partial charge in [-0.3, -0.25) is 9.59 Å². The molecule has 6 nitrogen and oxygen atoms in total. The van der Waals surface area contributed by atoms with Crippen molar-refractivity contribution in [2.24, 2.45) is 0 Å². The minimum atomic E-state index is -0.340. The number of rotatable bonds is 6. The minimum absolute atomic E-state index is 0.0108. The van der Waals surface area contributed by atoms with Gasteiger partial charge in [0.1, 0.15) is 0 Å². The Balaban J connectivity index is 1.56. The maximum absolute atomic E-state index is 12.3. The summed E-state index contributed by atoms with van der Waals surface area (Å²) in [4.78, 5) is 24.5. The maximum Gasteiger partial charge on any atom is 0.251 e. The van der Waals surface area contributed by atoms with E-state index in [1.54, 1.807) is 18.2 Å². The average molecular weight is 354 g/mol. The third-order valence-corrected chi connectivity index (χ3v) is 4.52. The molecule has 1 aliphatic carbocycles. The molecule has 2 aromatic rings. The van der Waals surface area contributed by atoms with Gasteiger partial charge in [0, 0.05) is 5.56 Å². The van der Waals surface area contributed by atoms with Gasteiger partial charge in [-0.2, -0.15) is 0 Å². The summed E-state index contributed by atoms with van der Waals surface area (Å²) in [7, 11) is 3.04. The molecule has 0 saturated heterocycles. The molecule has 26 heavy (non-hydrogen) atoms. The van der Waals surface area contributed by atoms with Crippen LogP contribution in [0.5, 0.6) is 11.5 Å². The van der Waals surface area contributed by atoms with E-state index in [0.717, 1.165) is 18.4 Å². The molecule has 2 amide bonds. The zero-order chi connectivity index (χ0) is 18.5. The first-order valence-electron chi connectivity index (χ1n) is 8.49. The number of nitrogens with one attached hydrogen (secondary N) is 2. The highest BCUT2D eigenvalue weighted by molar-refractivity contribution is 5.97. The first-order valence-corrected chi connectivity index (χ1v) is 8.49. The van der Waals surface area contributed by atoms with Gasteiger partial charge in [0.25, 0.3) is 5.91 Å². The summed E-state index contributed by atoms with van der Waals surface area (Å²) in [5, 5.41) is 5.62. The van der Waals surface area contributed by atoms with Crippen molar-refractivity contribution in [1.82, 2.24) is 10.6 Å². The number of benzene rings is 2. The molecule has 0 aliphatic heterocycles. The Morgan fingerprint density at radius 3 is 2.62 bits per heavy atom. The molecule has 2 aromatic carbocycles. The Morgan fingerprint density at radius 1 is 1.08 bits per heavy atom. The molecule has 136 valence electrons. The molecule has 6 heteroatoms. The van der Waals surface area contributed by atoms with Gasteiger partial charge in [0.05, 0.1) is 26.8 Å². The summed E-state index contributed by atoms with van der Waals surface area (Å²) in [5.41, 5.74) is 2.83. The van der Waals surface area contributed by atoms with Crippen LogP contribution in [0.15, 0.2) is 42.5 Å². The van der Waals surface area contributed by atoms with E-state index in [4.69, 9.17) is 9.47 Å². The summed E-state index contributed by atoms with van der Waals surface area (Å²) in [6.07, 6.45) is 1.84. The Bertz CT molecular complexity index is 819. The molecule has 0 bridgehead atoms. The molecular weight excluding hydrogens is 332 g/mol. The first kappa shape index (κ1) is 17.8. The van der Waals surface area contributed by atoms with Crippen molar-refractivity contribution in [3.63, 3.8) is 0 Å². The number of methoxy groups -OCH3 is 2. The van der Waals surface area contributed by atoms with Gasteiger partial charge in [-0.15, -0.1) is 0 Å². The van der Waals surface area contributed by atoms with Crippen molar-refractivity contribution in [2.45, 2.75) is 18.9 Å². The number of fused-ring (bicyclic) bond motifs is 1. The average Bonchev–Trinajstić information content (AvgIpc) is 3.08. The normalized spacial score (nSPS) is 15.1. The quantitative estimate of drug-likeness (QED) is 0.834. The molecule has 0 spiro atoms. The molecule has 1 unspecified atom stereocenters. The van der Waals surface area contributed by atoms with E-state index >= 15 is 0 Å². The summed E-state index contributed by atoms with van der Waals surface area (Å²) < 4.78 is 10.3. The SMILES string of the molecule is COc1ccc(C(=O)NCC(=O)NC2CCc3ccccc32)cc1OC. The van der Waals surface area contributed by atoms with Crippen LogP contribution in [0.4, 0.5) is 0 Å². The van der Waals surface area contributed by atoms with Gasteiger partial charge < -0.3 is 20.1 Å². The van der Waals surface area contributed by atoms with Gasteiger partial charge in [-0.05, 0) is 42.2 Å². The van der Waals surface area contributed by atoms with Gasteiger partial charge in [-0.1, -0.05) is 24.3 Å². The lowest BCUT2D eigenvalue weighted by atomic mass is 10.1. The molecule has 0 fully saturated rings. The van der Waals surface area contributed by atoms with E-state index in [-0.39, 0.29) is 24.4 Å². The van der Waals surface area contributed by atoms with E-state index in [1.165, 1.54) is 19.8 Å². The van der Waals surface area contributed by atoms with Crippen molar-refractivity contribution >= 4 is 11.8 Å². The zero-order valence-corrected chi connectivity index (χ0v) is 14.9. The zero-order valence-electron chi connectivity index (χ0n) is 14.9. The molecule has 2 N–H and O–H groups in total. The third kappa shape index (κ3) is 3.79. The Hall–Kier alpha value is -3.02. The summed E-state index contributed by atoms with van der Waals surface area (Å²) in [6.45, 7) is -0.0775. The fourth-order valence-corrected chi connectivity index (χ4v) is 3.19. The van der Waals surface area contributed by atoms with Crippen molar-refractivity contribution in [1.29, 1.82) is 0 Å². The summed E-state index contributed by atoms with van der Waals surface area (Å²) >= 11 is 0. The number of carbonyl (C=O) groups is 2. The highest BCUT2D eigenvalue weighted by Gasteiger charge is 2.23. The van der Waals surface area contributed by atoms with Gasteiger partial charge >= 0.3 is 0 Å². The second kappa shape index (κ2) is 7.91. The fourth-order valence-electron chi connectivity index (χ4n) is 3.19. The van der Waals surface area contributed by atoms with Crippen molar-refractivity contribution in [2.75, 3.05) is 20.8 Å². The highest BCUT2D eigenvalue weighted by Crippen LogP contribution is 2.30. The Morgan fingerprint density at radius 2 is 1.85 bits per heavy atom. The number of aryl methyl sites for hydroxylation is 1. The van der Waals surface area contributed by atoms with E-state index in [0.29, 0.717) is 17.1 Å². The van der Waals surface area contributed by atoms with Crippen molar-refractivity contribution < 1.29 is 19.1 Å². The van der Waals surface area contributed by atoms with Crippen LogP contribution in [0.25, 0.3) is 0 Å². The highest BCUT2D eigenvalue weighted by atomic mass is 16.5. The van der Waals surface area contributed by atoms with Crippen LogP contribution in [-0.2, 0) is 11.2 Å². The Kier molecular flexibility index (Phi) is 5.41. The second-order valence-corrected chi connectivity index (χ2v) is 6.11. The van der Waals surface area contributed by atoms with Crippen LogP contribution in [-0.4, -0.2) is 32.6 Å². The summed E-state index contributed by atoms with van der Waals surface area (Å²) in [5.74, 6) is 0.460. The Labute approximate surface area is 152 Å². The van der Waals surface area contributed by atoms with E-state index in [2.05, 4.69) is 16.7 Å². The maximum atomic E-state index is 12.3. The lowest BCUT2D eigenvalue weighted by molar-refractivity contribution is -0.120. The van der Waals surface area contributed by atoms with Crippen LogP contribution in [0, 0.1) is 0 Å². The predicted molar refractivity (Wildman–Crippen MR) is 97.5 cm³/mol. The topological polar surface area (TPSA) is 76.7 Å². The van der Waals surface area contributed by atoms with Gasteiger partial charge in [0.15, 0.2) is 11.5 Å². The van der Waals surface area contributed by atoms with Crippen molar-refractivity contribution in [3.05, 3.63) is 59.2 Å². The molecule has 1 atom stereocenters. The van der Waals surface area contributed by atoms with E-state index in [1.807, 2.05) is 18.2 Å². The van der Waals surface area contributed by atoms with E-state index in [9.17, 15) is 9.59 Å². The summed E-state index contributed by atoms with van der Waals surface area (Å²) in [6, 6.07) is 13.0. The van der Waals surface area contributed by atoms with Gasteiger partial charge in [-0.25, -0.2) is 0 Å². The molecule has 0 saturated carbocycles. The third-order valence-electron chi connectivity index (χ3n) is 4.52. The minimum Gasteiger partial charge on any atom is -0.493 e. The number of amides is 2. The van der Waals surface area contributed by atoms with Crippen LogP contribution >= 0.6 is 0 Å². The number of hydrogen-bond acceptors (Lipinski definition) is 4. The molecule has 0 radical (unpaired) electrons. The number of hydrogen-bond donors (Lipinski definition) is 2. The molecule has 0 aromatic heterocycles. The van der Waals surface area contributed by atoms with Crippen LogP contribution in [0.2, 0.25) is 0 Å². The standard InChI is InChI=1S/C20H22N2O4/c1-25-17-10-8-14(11-18(17)26-2)20(24)21-12-19(23)22-16-9-7-13-5-3-4-6-15(13)16/h3-6,8,10-11,16H,7,9,12H2,1-2H3,(H,21,24)(H,22,23). The first-order chi connectivity index (χ1) is 12.6. The second-order valence-electron chi connectivity index (χ2n) is 6.11. The molecule has 3 rings (SSSR count). The lowest BCUT2D eigenvalue weighted by Crippen LogP contribution is -2.38. The predicted octanol–water partition coefficient (Wildman–Crippen LogP) is 2.24. The molecule has 0 heterocycles. The smallest absolute Gasteiger partial charge is 0.251 e. The largest absolute Gasteiger partial charge is 0.493 e. The lowest BCUT2D eigenvalue weighted by Gasteiger charge is -2.14. The van der Waals surface area contributed by atoms with Crippen LogP contribution in [0.1, 0.15) is 33.9 Å². The molecule has 1 aliphatic rings. The number of carbonyl (C=O) groups excluding carboxylic acids is 2.